The highest BCUT2D eigenvalue weighted by Gasteiger charge is 2.18. The van der Waals surface area contributed by atoms with Gasteiger partial charge in [0, 0.05) is 13.0 Å². The monoisotopic (exact) mass is 200 g/mol. The van der Waals surface area contributed by atoms with E-state index in [-0.39, 0.29) is 11.2 Å². The molecular weight excluding hydrogens is 182 g/mol. The van der Waals surface area contributed by atoms with Crippen molar-refractivity contribution in [1.82, 2.24) is 10.1 Å². The molecule has 1 amide bonds. The highest BCUT2D eigenvalue weighted by molar-refractivity contribution is 7.96. The Morgan fingerprint density at radius 2 is 2.23 bits per heavy atom. The van der Waals surface area contributed by atoms with Gasteiger partial charge in [0.2, 0.25) is 0 Å². The summed E-state index contributed by atoms with van der Waals surface area (Å²) < 4.78 is 0. The van der Waals surface area contributed by atoms with Crippen LogP contribution in [0.1, 0.15) is 13.3 Å². The van der Waals surface area contributed by atoms with Crippen LogP contribution in [0, 0.1) is 5.92 Å². The van der Waals surface area contributed by atoms with E-state index in [4.69, 9.17) is 0 Å². The SMILES string of the molecule is BNCCC(C)C(B)N(C)C(=O)S. The fourth-order valence-corrected chi connectivity index (χ4v) is 1.35. The largest absolute Gasteiger partial charge is 0.362 e. The third-order valence-corrected chi connectivity index (χ3v) is 2.90. The van der Waals surface area contributed by atoms with Crippen LogP contribution in [0.25, 0.3) is 0 Å². The van der Waals surface area contributed by atoms with E-state index in [1.807, 2.05) is 7.98 Å². The maximum atomic E-state index is 10.9. The minimum Gasteiger partial charge on any atom is -0.362 e. The van der Waals surface area contributed by atoms with Gasteiger partial charge in [-0.15, -0.1) is 0 Å². The van der Waals surface area contributed by atoms with Gasteiger partial charge in [-0.1, -0.05) is 19.6 Å². The Labute approximate surface area is 87.9 Å². The smallest absolute Gasteiger partial charge is 0.277 e. The predicted molar refractivity (Wildman–Crippen MR) is 64.8 cm³/mol. The zero-order valence-electron chi connectivity index (χ0n) is 8.87. The molecule has 1 N–H and O–H groups in total. The van der Waals surface area contributed by atoms with Crippen molar-refractivity contribution in [3.8, 4) is 0 Å². The van der Waals surface area contributed by atoms with E-state index in [2.05, 4.69) is 32.6 Å². The molecule has 0 aliphatic heterocycles. The van der Waals surface area contributed by atoms with Crippen molar-refractivity contribution in [1.29, 1.82) is 0 Å². The molecule has 0 heterocycles. The molecule has 74 valence electrons. The van der Waals surface area contributed by atoms with Gasteiger partial charge in [0.25, 0.3) is 5.24 Å². The van der Waals surface area contributed by atoms with Gasteiger partial charge in [-0.25, -0.2) is 0 Å². The van der Waals surface area contributed by atoms with Gasteiger partial charge in [-0.3, -0.25) is 4.79 Å². The lowest BCUT2D eigenvalue weighted by molar-refractivity contribution is 0.217. The molecule has 0 bridgehead atoms. The number of carbonyl (C=O) groups is 1. The van der Waals surface area contributed by atoms with Gasteiger partial charge in [0.15, 0.2) is 7.98 Å². The molecule has 0 saturated heterocycles. The first-order valence-electron chi connectivity index (χ1n) is 4.61. The summed E-state index contributed by atoms with van der Waals surface area (Å²) in [4.78, 5) is 12.6. The van der Waals surface area contributed by atoms with Crippen LogP contribution in [-0.2, 0) is 0 Å². The lowest BCUT2D eigenvalue weighted by atomic mass is 9.82. The topological polar surface area (TPSA) is 32.3 Å². The zero-order valence-corrected chi connectivity index (χ0v) is 9.77. The summed E-state index contributed by atoms with van der Waals surface area (Å²) >= 11 is 3.79. The number of amides is 1. The molecule has 0 radical (unpaired) electrons. The first-order chi connectivity index (χ1) is 6.00. The second-order valence-electron chi connectivity index (χ2n) is 3.50. The summed E-state index contributed by atoms with van der Waals surface area (Å²) in [7, 11) is 5.77. The van der Waals surface area contributed by atoms with E-state index >= 15 is 0 Å². The average Bonchev–Trinajstić information content (AvgIpc) is 2.11. The van der Waals surface area contributed by atoms with E-state index in [9.17, 15) is 4.79 Å². The molecule has 13 heavy (non-hydrogen) atoms. The second-order valence-corrected chi connectivity index (χ2v) is 3.89. The molecule has 2 unspecified atom stereocenters. The van der Waals surface area contributed by atoms with E-state index < -0.39 is 0 Å². The highest BCUT2D eigenvalue weighted by atomic mass is 32.1. The van der Waals surface area contributed by atoms with Crippen LogP contribution in [0.4, 0.5) is 4.79 Å². The zero-order chi connectivity index (χ0) is 10.4. The number of hydrogen-bond acceptors (Lipinski definition) is 2. The molecule has 3 nitrogen and oxygen atoms in total. The molecular formula is C7H18B2N2OS. The van der Waals surface area contributed by atoms with E-state index in [0.717, 1.165) is 13.0 Å². The molecule has 0 saturated carbocycles. The molecule has 0 aromatic heterocycles. The Morgan fingerprint density at radius 3 is 2.62 bits per heavy atom. The van der Waals surface area contributed by atoms with Crippen LogP contribution >= 0.6 is 12.6 Å². The number of nitrogens with zero attached hydrogens (tertiary/aromatic N) is 1. The van der Waals surface area contributed by atoms with Crippen molar-refractivity contribution in [2.45, 2.75) is 19.3 Å². The molecule has 6 heteroatoms. The predicted octanol–water partition coefficient (Wildman–Crippen LogP) is -0.909. The van der Waals surface area contributed by atoms with Crippen LogP contribution in [0.3, 0.4) is 0 Å². The fourth-order valence-electron chi connectivity index (χ4n) is 1.17. The van der Waals surface area contributed by atoms with Gasteiger partial charge in [0.1, 0.15) is 7.85 Å². The van der Waals surface area contributed by atoms with Crippen molar-refractivity contribution in [2.24, 2.45) is 5.92 Å². The number of thiol groups is 1. The van der Waals surface area contributed by atoms with Crippen LogP contribution in [0.5, 0.6) is 0 Å². The standard InChI is InChI=1S/C7H18B2N2OS/c1-5(3-4-10-9)6(8)11(2)7(12)13/h5-6,10H,3-4,8-9H2,1-2H3,(H,12,13). The summed E-state index contributed by atoms with van der Waals surface area (Å²) in [5.74, 6) is 0.742. The van der Waals surface area contributed by atoms with E-state index in [0.29, 0.717) is 5.92 Å². The average molecular weight is 200 g/mol. The lowest BCUT2D eigenvalue weighted by Crippen LogP contribution is -2.39. The van der Waals surface area contributed by atoms with Crippen LogP contribution in [0.15, 0.2) is 0 Å². The van der Waals surface area contributed by atoms with Crippen molar-refractivity contribution in [3.05, 3.63) is 0 Å². The highest BCUT2D eigenvalue weighted by Crippen LogP contribution is 2.11. The first kappa shape index (κ1) is 12.9. The lowest BCUT2D eigenvalue weighted by Gasteiger charge is -2.28. The van der Waals surface area contributed by atoms with Gasteiger partial charge >= 0.3 is 0 Å². The van der Waals surface area contributed by atoms with Gasteiger partial charge in [-0.05, 0) is 18.9 Å². The third-order valence-electron chi connectivity index (χ3n) is 2.59. The first-order valence-corrected chi connectivity index (χ1v) is 5.05. The molecule has 0 aliphatic rings. The minimum atomic E-state index is -0.163. The normalized spacial score (nSPS) is 15.0. The van der Waals surface area contributed by atoms with Crippen molar-refractivity contribution in [2.75, 3.05) is 13.6 Å². The Bertz CT molecular complexity index is 171. The summed E-state index contributed by atoms with van der Waals surface area (Å²) in [6, 6.07) is 0. The maximum absolute atomic E-state index is 10.9. The maximum Gasteiger partial charge on any atom is 0.277 e. The minimum absolute atomic E-state index is 0.163. The molecule has 0 spiro atoms. The van der Waals surface area contributed by atoms with Crippen LogP contribution in [0.2, 0.25) is 0 Å². The molecule has 2 atom stereocenters. The van der Waals surface area contributed by atoms with Crippen LogP contribution in [-0.4, -0.2) is 45.5 Å². The van der Waals surface area contributed by atoms with Gasteiger partial charge in [0.05, 0.1) is 0 Å². The molecule has 0 aliphatic carbocycles. The Morgan fingerprint density at radius 1 is 1.69 bits per heavy atom. The second kappa shape index (κ2) is 6.38. The van der Waals surface area contributed by atoms with Crippen molar-refractivity contribution < 1.29 is 4.79 Å². The van der Waals surface area contributed by atoms with E-state index in [1.165, 1.54) is 0 Å². The Hall–Kier alpha value is -0.0901. The van der Waals surface area contributed by atoms with Crippen molar-refractivity contribution >= 4 is 33.7 Å². The molecule has 0 aromatic carbocycles. The van der Waals surface area contributed by atoms with Crippen LogP contribution < -0.4 is 5.23 Å². The number of hydrogen-bond donors (Lipinski definition) is 2. The number of nitrogens with one attached hydrogen (secondary N) is 1. The molecule has 0 fully saturated rings. The summed E-state index contributed by atoms with van der Waals surface area (Å²) in [5.41, 5.74) is 0. The quantitative estimate of drug-likeness (QED) is 0.444. The number of rotatable bonds is 5. The summed E-state index contributed by atoms with van der Waals surface area (Å²) in [5, 5.41) is 2.94. The van der Waals surface area contributed by atoms with E-state index in [1.54, 1.807) is 11.9 Å². The Balaban J connectivity index is 3.93. The summed E-state index contributed by atoms with van der Waals surface area (Å²) in [6.07, 6.45) is 1.07. The summed E-state index contributed by atoms with van der Waals surface area (Å²) in [6.45, 7) is 3.13. The molecule has 0 rings (SSSR count). The number of carbonyl (C=O) groups excluding carboxylic acids is 1. The van der Waals surface area contributed by atoms with Crippen molar-refractivity contribution in [3.63, 3.8) is 0 Å². The molecule has 0 aromatic rings. The fraction of sp³-hybridized carbons (Fsp3) is 0.857. The Kier molecular flexibility index (Phi) is 6.33. The third kappa shape index (κ3) is 4.62. The van der Waals surface area contributed by atoms with Gasteiger partial charge < -0.3 is 10.1 Å². The van der Waals surface area contributed by atoms with Gasteiger partial charge in [-0.2, -0.15) is 0 Å².